The van der Waals surface area contributed by atoms with E-state index in [0.717, 1.165) is 11.8 Å². The van der Waals surface area contributed by atoms with E-state index < -0.39 is 11.8 Å². The highest BCUT2D eigenvalue weighted by Crippen LogP contribution is 2.18. The molecule has 0 aliphatic carbocycles. The van der Waals surface area contributed by atoms with Crippen LogP contribution in [-0.2, 0) is 6.54 Å². The van der Waals surface area contributed by atoms with Gasteiger partial charge in [-0.3, -0.25) is 0 Å². The zero-order chi connectivity index (χ0) is 15.4. The van der Waals surface area contributed by atoms with Crippen LogP contribution in [0.2, 0.25) is 0 Å². The molecule has 0 spiro atoms. The lowest BCUT2D eigenvalue weighted by Gasteiger charge is -2.20. The zero-order valence-electron chi connectivity index (χ0n) is 11.4. The van der Waals surface area contributed by atoms with E-state index in [1.807, 2.05) is 6.07 Å². The van der Waals surface area contributed by atoms with Crippen molar-refractivity contribution in [2.45, 2.75) is 6.54 Å². The average Bonchev–Trinajstić information content (AvgIpc) is 2.49. The average molecular weight is 284 g/mol. The highest BCUT2D eigenvalue weighted by Gasteiger charge is 2.11. The largest absolute Gasteiger partial charge is 0.478 e. The normalized spacial score (nSPS) is 9.95. The molecule has 0 aliphatic heterocycles. The van der Waals surface area contributed by atoms with E-state index >= 15 is 0 Å². The first kappa shape index (κ1) is 14.5. The maximum absolute atomic E-state index is 13.8. The number of nitriles is 1. The first-order chi connectivity index (χ1) is 10.0. The van der Waals surface area contributed by atoms with Crippen molar-refractivity contribution in [1.29, 1.82) is 5.26 Å². The molecule has 0 aromatic heterocycles. The fourth-order valence-electron chi connectivity index (χ4n) is 1.97. The van der Waals surface area contributed by atoms with Crippen molar-refractivity contribution in [3.8, 4) is 6.07 Å². The molecule has 2 aromatic rings. The Morgan fingerprint density at radius 1 is 1.29 bits per heavy atom. The summed E-state index contributed by atoms with van der Waals surface area (Å²) < 4.78 is 13.8. The quantitative estimate of drug-likeness (QED) is 0.937. The Bertz CT molecular complexity index is 705. The van der Waals surface area contributed by atoms with Crippen LogP contribution in [0.5, 0.6) is 0 Å². The minimum atomic E-state index is -1.09. The van der Waals surface area contributed by atoms with Gasteiger partial charge in [-0.05, 0) is 42.5 Å². The second-order valence-electron chi connectivity index (χ2n) is 4.63. The van der Waals surface area contributed by atoms with E-state index in [2.05, 4.69) is 0 Å². The number of aromatic carboxylic acids is 1. The van der Waals surface area contributed by atoms with Crippen molar-refractivity contribution < 1.29 is 14.3 Å². The van der Waals surface area contributed by atoms with Crippen LogP contribution in [0.3, 0.4) is 0 Å². The summed E-state index contributed by atoms with van der Waals surface area (Å²) in [5, 5.41) is 17.7. The number of benzene rings is 2. The first-order valence-corrected chi connectivity index (χ1v) is 6.24. The zero-order valence-corrected chi connectivity index (χ0v) is 11.4. The van der Waals surface area contributed by atoms with Crippen LogP contribution in [0.15, 0.2) is 42.5 Å². The Kier molecular flexibility index (Phi) is 4.19. The molecule has 0 bridgehead atoms. The molecular formula is C16H13FN2O2. The van der Waals surface area contributed by atoms with Crippen molar-refractivity contribution in [3.05, 3.63) is 65.0 Å². The highest BCUT2D eigenvalue weighted by molar-refractivity contribution is 5.87. The van der Waals surface area contributed by atoms with Gasteiger partial charge in [0.25, 0.3) is 0 Å². The predicted molar refractivity (Wildman–Crippen MR) is 76.6 cm³/mol. The molecule has 5 heteroatoms. The summed E-state index contributed by atoms with van der Waals surface area (Å²) in [4.78, 5) is 12.7. The molecule has 1 N–H and O–H groups in total. The van der Waals surface area contributed by atoms with Gasteiger partial charge in [0.2, 0.25) is 0 Å². The standard InChI is InChI=1S/C16H13FN2O2/c1-19(14-5-2-11(9-18)3-6-14)10-13-8-12(16(20)21)4-7-15(13)17/h2-8H,10H2,1H3,(H,20,21). The van der Waals surface area contributed by atoms with Crippen molar-refractivity contribution in [1.82, 2.24) is 0 Å². The summed E-state index contributed by atoms with van der Waals surface area (Å²) in [6, 6.07) is 12.6. The number of carbonyl (C=O) groups is 1. The van der Waals surface area contributed by atoms with E-state index in [9.17, 15) is 9.18 Å². The molecule has 2 rings (SSSR count). The molecule has 0 saturated heterocycles. The van der Waals surface area contributed by atoms with Gasteiger partial charge in [0.1, 0.15) is 5.82 Å². The number of hydrogen-bond donors (Lipinski definition) is 1. The van der Waals surface area contributed by atoms with E-state index in [1.165, 1.54) is 12.1 Å². The first-order valence-electron chi connectivity index (χ1n) is 6.24. The summed E-state index contributed by atoms with van der Waals surface area (Å²) in [5.74, 6) is -1.53. The number of anilines is 1. The van der Waals surface area contributed by atoms with Gasteiger partial charge in [-0.2, -0.15) is 5.26 Å². The fraction of sp³-hybridized carbons (Fsp3) is 0.125. The number of nitrogens with zero attached hydrogens (tertiary/aromatic N) is 2. The molecule has 0 saturated carbocycles. The maximum Gasteiger partial charge on any atom is 0.335 e. The fourth-order valence-corrected chi connectivity index (χ4v) is 1.97. The van der Waals surface area contributed by atoms with Gasteiger partial charge in [0, 0.05) is 24.8 Å². The molecule has 0 unspecified atom stereocenters. The number of carboxylic acid groups (broad SMARTS) is 1. The predicted octanol–water partition coefficient (Wildman–Crippen LogP) is 3.03. The van der Waals surface area contributed by atoms with E-state index in [0.29, 0.717) is 11.1 Å². The van der Waals surface area contributed by atoms with Crippen LogP contribution in [0.25, 0.3) is 0 Å². The van der Waals surface area contributed by atoms with Crippen LogP contribution >= 0.6 is 0 Å². The van der Waals surface area contributed by atoms with E-state index in [4.69, 9.17) is 10.4 Å². The molecule has 0 atom stereocenters. The summed E-state index contributed by atoms with van der Waals surface area (Å²) >= 11 is 0. The molecule has 0 heterocycles. The molecule has 21 heavy (non-hydrogen) atoms. The van der Waals surface area contributed by atoms with Crippen molar-refractivity contribution in [3.63, 3.8) is 0 Å². The second-order valence-corrected chi connectivity index (χ2v) is 4.63. The monoisotopic (exact) mass is 284 g/mol. The summed E-state index contributed by atoms with van der Waals surface area (Å²) in [7, 11) is 1.77. The number of rotatable bonds is 4. The third kappa shape index (κ3) is 3.37. The van der Waals surface area contributed by atoms with Gasteiger partial charge in [-0.15, -0.1) is 0 Å². The van der Waals surface area contributed by atoms with Crippen LogP contribution in [-0.4, -0.2) is 18.1 Å². The lowest BCUT2D eigenvalue weighted by molar-refractivity contribution is 0.0696. The number of halogens is 1. The second kappa shape index (κ2) is 6.06. The van der Waals surface area contributed by atoms with Crippen LogP contribution in [0.1, 0.15) is 21.5 Å². The summed E-state index contributed by atoms with van der Waals surface area (Å²) in [6.07, 6.45) is 0. The van der Waals surface area contributed by atoms with E-state index in [-0.39, 0.29) is 12.1 Å². The molecule has 106 valence electrons. The molecule has 0 radical (unpaired) electrons. The van der Waals surface area contributed by atoms with Gasteiger partial charge in [0.15, 0.2) is 0 Å². The minimum absolute atomic E-state index is 0.0552. The molecule has 2 aromatic carbocycles. The Hall–Kier alpha value is -2.87. The summed E-state index contributed by atoms with van der Waals surface area (Å²) in [6.45, 7) is 0.235. The van der Waals surface area contributed by atoms with Crippen molar-refractivity contribution >= 4 is 11.7 Å². The molecule has 4 nitrogen and oxygen atoms in total. The van der Waals surface area contributed by atoms with Crippen LogP contribution < -0.4 is 4.90 Å². The molecule has 0 aliphatic rings. The van der Waals surface area contributed by atoms with Crippen molar-refractivity contribution in [2.75, 3.05) is 11.9 Å². The van der Waals surface area contributed by atoms with Gasteiger partial charge < -0.3 is 10.0 Å². The smallest absolute Gasteiger partial charge is 0.335 e. The lowest BCUT2D eigenvalue weighted by Crippen LogP contribution is -2.17. The maximum atomic E-state index is 13.8. The van der Waals surface area contributed by atoms with E-state index in [1.54, 1.807) is 36.2 Å². The Morgan fingerprint density at radius 2 is 1.95 bits per heavy atom. The van der Waals surface area contributed by atoms with Crippen molar-refractivity contribution in [2.24, 2.45) is 0 Å². The lowest BCUT2D eigenvalue weighted by atomic mass is 10.1. The molecule has 0 fully saturated rings. The topological polar surface area (TPSA) is 64.3 Å². The third-order valence-electron chi connectivity index (χ3n) is 3.14. The third-order valence-corrected chi connectivity index (χ3v) is 3.14. The molecular weight excluding hydrogens is 271 g/mol. The van der Waals surface area contributed by atoms with Gasteiger partial charge in [-0.1, -0.05) is 0 Å². The Balaban J connectivity index is 2.22. The molecule has 0 amide bonds. The Morgan fingerprint density at radius 3 is 2.52 bits per heavy atom. The van der Waals surface area contributed by atoms with Crippen LogP contribution in [0, 0.1) is 17.1 Å². The minimum Gasteiger partial charge on any atom is -0.478 e. The van der Waals surface area contributed by atoms with Gasteiger partial charge >= 0.3 is 5.97 Å². The van der Waals surface area contributed by atoms with Gasteiger partial charge in [-0.25, -0.2) is 9.18 Å². The SMILES string of the molecule is CN(Cc1cc(C(=O)O)ccc1F)c1ccc(C#N)cc1. The van der Waals surface area contributed by atoms with Gasteiger partial charge in [0.05, 0.1) is 17.2 Å². The van der Waals surface area contributed by atoms with Crippen LogP contribution in [0.4, 0.5) is 10.1 Å². The number of hydrogen-bond acceptors (Lipinski definition) is 3. The Labute approximate surface area is 121 Å². The highest BCUT2D eigenvalue weighted by atomic mass is 19.1. The number of carboxylic acids is 1. The summed E-state index contributed by atoms with van der Waals surface area (Å²) in [5.41, 5.74) is 1.72.